The van der Waals surface area contributed by atoms with Gasteiger partial charge in [-0.25, -0.2) is 10.6 Å². The Labute approximate surface area is 123 Å². The molecule has 0 radical (unpaired) electrons. The van der Waals surface area contributed by atoms with Crippen LogP contribution in [0.25, 0.3) is 10.1 Å². The summed E-state index contributed by atoms with van der Waals surface area (Å²) in [5, 5.41) is 3.30. The maximum Gasteiger partial charge on any atom is 0.324 e. The van der Waals surface area contributed by atoms with Crippen molar-refractivity contribution in [1.82, 2.24) is 15.6 Å². The van der Waals surface area contributed by atoms with Crippen LogP contribution in [-0.2, 0) is 11.3 Å². The molecule has 1 aromatic carbocycles. The van der Waals surface area contributed by atoms with Crippen molar-refractivity contribution in [3.63, 3.8) is 0 Å². The van der Waals surface area contributed by atoms with E-state index < -0.39 is 11.9 Å². The zero-order valence-corrected chi connectivity index (χ0v) is 11.7. The summed E-state index contributed by atoms with van der Waals surface area (Å²) in [5.74, 6) is 4.46. The first-order valence-corrected chi connectivity index (χ1v) is 7.03. The molecule has 1 aliphatic rings. The fraction of sp³-hybridized carbons (Fsp3) is 0.154. The van der Waals surface area contributed by atoms with E-state index in [1.807, 2.05) is 24.3 Å². The van der Waals surface area contributed by atoms with Crippen LogP contribution in [0.3, 0.4) is 0 Å². The topological polar surface area (TPSA) is 105 Å². The van der Waals surface area contributed by atoms with Crippen molar-refractivity contribution in [3.05, 3.63) is 34.7 Å². The van der Waals surface area contributed by atoms with Crippen LogP contribution >= 0.6 is 11.3 Å². The average Bonchev–Trinajstić information content (AvgIpc) is 3.02. The number of nitrogens with zero attached hydrogens (tertiary/aromatic N) is 1. The third kappa shape index (κ3) is 2.24. The summed E-state index contributed by atoms with van der Waals surface area (Å²) < 4.78 is 0.901. The minimum absolute atomic E-state index is 0.0146. The van der Waals surface area contributed by atoms with Gasteiger partial charge < -0.3 is 5.32 Å². The molecule has 8 heteroatoms. The lowest BCUT2D eigenvalue weighted by Gasteiger charge is -2.13. The maximum absolute atomic E-state index is 11.9. The Balaban J connectivity index is 2.09. The lowest BCUT2D eigenvalue weighted by molar-refractivity contribution is -0.125. The van der Waals surface area contributed by atoms with Crippen LogP contribution in [0.1, 0.15) is 15.2 Å². The highest BCUT2D eigenvalue weighted by Crippen LogP contribution is 2.32. The number of amides is 4. The monoisotopic (exact) mass is 304 g/mol. The van der Waals surface area contributed by atoms with E-state index in [1.165, 1.54) is 11.3 Å². The Hall–Kier alpha value is -2.45. The molecule has 3 rings (SSSR count). The number of rotatable bonds is 3. The Morgan fingerprint density at radius 1 is 1.38 bits per heavy atom. The lowest BCUT2D eigenvalue weighted by Crippen LogP contribution is -2.33. The van der Waals surface area contributed by atoms with Gasteiger partial charge in [0.15, 0.2) is 0 Å². The van der Waals surface area contributed by atoms with Gasteiger partial charge in [-0.15, -0.1) is 11.3 Å². The van der Waals surface area contributed by atoms with E-state index >= 15 is 0 Å². The third-order valence-electron chi connectivity index (χ3n) is 3.29. The van der Waals surface area contributed by atoms with Crippen molar-refractivity contribution < 1.29 is 14.4 Å². The normalized spacial score (nSPS) is 14.6. The van der Waals surface area contributed by atoms with E-state index in [0.717, 1.165) is 15.0 Å². The quantitative estimate of drug-likeness (QED) is 0.333. The van der Waals surface area contributed by atoms with Crippen molar-refractivity contribution in [3.8, 4) is 0 Å². The number of carbonyl (C=O) groups is 3. The largest absolute Gasteiger partial charge is 0.329 e. The van der Waals surface area contributed by atoms with Crippen molar-refractivity contribution >= 4 is 39.3 Å². The summed E-state index contributed by atoms with van der Waals surface area (Å²) in [5.41, 5.74) is 2.73. The summed E-state index contributed by atoms with van der Waals surface area (Å²) in [6, 6.07) is 6.99. The van der Waals surface area contributed by atoms with E-state index in [9.17, 15) is 14.4 Å². The van der Waals surface area contributed by atoms with Crippen molar-refractivity contribution in [2.24, 2.45) is 5.84 Å². The molecule has 0 spiro atoms. The number of hydrogen-bond donors (Lipinski definition) is 3. The number of fused-ring (bicyclic) bond motifs is 1. The predicted octanol–water partition coefficient (Wildman–Crippen LogP) is 0.557. The van der Waals surface area contributed by atoms with Crippen LogP contribution in [0, 0.1) is 0 Å². The van der Waals surface area contributed by atoms with Gasteiger partial charge in [0.1, 0.15) is 0 Å². The first-order chi connectivity index (χ1) is 10.1. The minimum Gasteiger partial charge on any atom is -0.329 e. The zero-order valence-electron chi connectivity index (χ0n) is 10.9. The average molecular weight is 304 g/mol. The van der Waals surface area contributed by atoms with Crippen LogP contribution in [-0.4, -0.2) is 29.3 Å². The van der Waals surface area contributed by atoms with Gasteiger partial charge >= 0.3 is 6.03 Å². The number of urea groups is 1. The Kier molecular flexibility index (Phi) is 3.32. The fourth-order valence-corrected chi connectivity index (χ4v) is 3.40. The van der Waals surface area contributed by atoms with Gasteiger partial charge in [0.25, 0.3) is 5.91 Å². The second-order valence-corrected chi connectivity index (χ2v) is 5.57. The van der Waals surface area contributed by atoms with Crippen LogP contribution in [0.4, 0.5) is 4.79 Å². The minimum atomic E-state index is -0.450. The standard InChI is InChI=1S/C13H12N4O3S/c14-16-12(19)11-8(6-17-10(18)5-15-13(17)20)7-3-1-2-4-9(7)21-11/h1-4H,5-6,14H2,(H,15,20)(H,16,19). The van der Waals surface area contributed by atoms with E-state index in [4.69, 9.17) is 5.84 Å². The Morgan fingerprint density at radius 2 is 2.14 bits per heavy atom. The number of hydrazine groups is 1. The summed E-state index contributed by atoms with van der Waals surface area (Å²) in [4.78, 5) is 36.8. The SMILES string of the molecule is NNC(=O)c1sc2ccccc2c1CN1C(=O)CNC1=O. The highest BCUT2D eigenvalue weighted by Gasteiger charge is 2.31. The number of imide groups is 1. The lowest BCUT2D eigenvalue weighted by atomic mass is 10.1. The van der Waals surface area contributed by atoms with Gasteiger partial charge in [-0.3, -0.25) is 19.9 Å². The van der Waals surface area contributed by atoms with Crippen LogP contribution in [0.5, 0.6) is 0 Å². The number of nitrogen functional groups attached to an aromatic ring is 1. The number of hydrogen-bond acceptors (Lipinski definition) is 5. The van der Waals surface area contributed by atoms with Gasteiger partial charge in [-0.1, -0.05) is 18.2 Å². The molecule has 0 saturated carbocycles. The Morgan fingerprint density at radius 3 is 2.81 bits per heavy atom. The molecule has 1 saturated heterocycles. The van der Waals surface area contributed by atoms with Crippen molar-refractivity contribution in [1.29, 1.82) is 0 Å². The number of thiophene rings is 1. The molecule has 1 fully saturated rings. The van der Waals surface area contributed by atoms with Crippen LogP contribution in [0.2, 0.25) is 0 Å². The van der Waals surface area contributed by atoms with E-state index in [-0.39, 0.29) is 19.0 Å². The summed E-state index contributed by atoms with van der Waals surface area (Å²) in [7, 11) is 0. The highest BCUT2D eigenvalue weighted by atomic mass is 32.1. The number of benzene rings is 1. The molecule has 0 unspecified atom stereocenters. The molecule has 1 aliphatic heterocycles. The van der Waals surface area contributed by atoms with E-state index in [1.54, 1.807) is 0 Å². The second kappa shape index (κ2) is 5.15. The van der Waals surface area contributed by atoms with E-state index in [2.05, 4.69) is 10.7 Å². The molecule has 4 N–H and O–H groups in total. The van der Waals surface area contributed by atoms with Gasteiger partial charge in [-0.2, -0.15) is 0 Å². The van der Waals surface area contributed by atoms with Gasteiger partial charge in [0.05, 0.1) is 18.0 Å². The molecular weight excluding hydrogens is 292 g/mol. The molecule has 2 heterocycles. The molecule has 2 aromatic rings. The molecule has 108 valence electrons. The third-order valence-corrected chi connectivity index (χ3v) is 4.50. The first kappa shape index (κ1) is 13.5. The molecule has 4 amide bonds. The van der Waals surface area contributed by atoms with E-state index in [0.29, 0.717) is 10.4 Å². The molecule has 1 aromatic heterocycles. The fourth-order valence-electron chi connectivity index (χ4n) is 2.28. The molecule has 7 nitrogen and oxygen atoms in total. The van der Waals surface area contributed by atoms with Crippen molar-refractivity contribution in [2.45, 2.75) is 6.54 Å². The molecular formula is C13H12N4O3S. The summed E-state index contributed by atoms with van der Waals surface area (Å²) >= 11 is 1.28. The first-order valence-electron chi connectivity index (χ1n) is 6.21. The molecule has 21 heavy (non-hydrogen) atoms. The zero-order chi connectivity index (χ0) is 15.0. The van der Waals surface area contributed by atoms with Gasteiger partial charge in [0, 0.05) is 10.3 Å². The van der Waals surface area contributed by atoms with Crippen molar-refractivity contribution in [2.75, 3.05) is 6.54 Å². The second-order valence-electron chi connectivity index (χ2n) is 4.52. The summed E-state index contributed by atoms with van der Waals surface area (Å²) in [6.07, 6.45) is 0. The highest BCUT2D eigenvalue weighted by molar-refractivity contribution is 7.21. The number of carbonyl (C=O) groups excluding carboxylic acids is 3. The van der Waals surface area contributed by atoms with Crippen LogP contribution in [0.15, 0.2) is 24.3 Å². The summed E-state index contributed by atoms with van der Waals surface area (Å²) in [6.45, 7) is 0.0384. The maximum atomic E-state index is 11.9. The molecule has 0 aliphatic carbocycles. The number of nitrogens with one attached hydrogen (secondary N) is 2. The smallest absolute Gasteiger partial charge is 0.324 e. The number of nitrogens with two attached hydrogens (primary N) is 1. The van der Waals surface area contributed by atoms with Gasteiger partial charge in [-0.05, 0) is 11.5 Å². The predicted molar refractivity (Wildman–Crippen MR) is 77.4 cm³/mol. The molecule has 0 bridgehead atoms. The molecule has 0 atom stereocenters. The Bertz CT molecular complexity index is 739. The van der Waals surface area contributed by atoms with Crippen LogP contribution < -0.4 is 16.6 Å². The van der Waals surface area contributed by atoms with Gasteiger partial charge in [0.2, 0.25) is 5.91 Å².